The van der Waals surface area contributed by atoms with Crippen LogP contribution in [0.1, 0.15) is 19.8 Å². The third-order valence-electron chi connectivity index (χ3n) is 3.42. The maximum atomic E-state index is 11.8. The van der Waals surface area contributed by atoms with Gasteiger partial charge in [-0.3, -0.25) is 4.79 Å². The molecule has 0 bridgehead atoms. The first-order valence-corrected chi connectivity index (χ1v) is 7.16. The molecule has 3 nitrogen and oxygen atoms in total. The van der Waals surface area contributed by atoms with Gasteiger partial charge in [0.25, 0.3) is 0 Å². The number of alkyl halides is 2. The highest BCUT2D eigenvalue weighted by molar-refractivity contribution is 7.99. The summed E-state index contributed by atoms with van der Waals surface area (Å²) < 4.78 is -0.940. The van der Waals surface area contributed by atoms with E-state index in [1.165, 1.54) is 0 Å². The lowest BCUT2D eigenvalue weighted by atomic mass is 10.0. The molecule has 6 heteroatoms. The van der Waals surface area contributed by atoms with Gasteiger partial charge in [-0.2, -0.15) is 11.8 Å². The van der Waals surface area contributed by atoms with Crippen molar-refractivity contribution in [1.29, 1.82) is 0 Å². The molecule has 16 heavy (non-hydrogen) atoms. The zero-order valence-electron chi connectivity index (χ0n) is 9.06. The molecule has 92 valence electrons. The molecule has 0 radical (unpaired) electrons. The third-order valence-corrected chi connectivity index (χ3v) is 5.76. The number of aliphatic hydroxyl groups is 1. The van der Waals surface area contributed by atoms with E-state index in [0.717, 1.165) is 12.2 Å². The van der Waals surface area contributed by atoms with Crippen LogP contribution in [0.3, 0.4) is 0 Å². The molecule has 1 saturated carbocycles. The summed E-state index contributed by atoms with van der Waals surface area (Å²) in [5, 5.41) is 12.8. The minimum absolute atomic E-state index is 0.164. The SMILES string of the molecule is CC1(C(=O)NCC2(O)CCSC2)CC1(Cl)Cl. The van der Waals surface area contributed by atoms with Crippen LogP contribution in [-0.4, -0.2) is 39.0 Å². The lowest BCUT2D eigenvalue weighted by Crippen LogP contribution is -2.45. The second kappa shape index (κ2) is 3.94. The van der Waals surface area contributed by atoms with E-state index in [1.54, 1.807) is 18.7 Å². The Morgan fingerprint density at radius 2 is 2.19 bits per heavy atom. The van der Waals surface area contributed by atoms with Crippen LogP contribution in [0.2, 0.25) is 0 Å². The zero-order chi connectivity index (χ0) is 12.0. The van der Waals surface area contributed by atoms with E-state index in [9.17, 15) is 9.90 Å². The molecular weight excluding hydrogens is 269 g/mol. The molecule has 2 fully saturated rings. The number of hydrogen-bond acceptors (Lipinski definition) is 3. The number of halogens is 2. The molecule has 1 amide bonds. The van der Waals surface area contributed by atoms with Crippen LogP contribution in [0, 0.1) is 5.41 Å². The van der Waals surface area contributed by atoms with Crippen LogP contribution >= 0.6 is 35.0 Å². The Bertz CT molecular complexity index is 318. The predicted molar refractivity (Wildman–Crippen MR) is 67.1 cm³/mol. The zero-order valence-corrected chi connectivity index (χ0v) is 11.4. The van der Waals surface area contributed by atoms with Crippen molar-refractivity contribution < 1.29 is 9.90 Å². The highest BCUT2D eigenvalue weighted by atomic mass is 35.5. The number of carbonyl (C=O) groups is 1. The van der Waals surface area contributed by atoms with Crippen molar-refractivity contribution in [2.45, 2.75) is 29.7 Å². The summed E-state index contributed by atoms with van der Waals surface area (Å²) in [6.45, 7) is 2.04. The first kappa shape index (κ1) is 12.8. The van der Waals surface area contributed by atoms with Crippen LogP contribution in [0.25, 0.3) is 0 Å². The van der Waals surface area contributed by atoms with Gasteiger partial charge in [-0.15, -0.1) is 23.2 Å². The molecule has 1 aliphatic heterocycles. The molecule has 2 unspecified atom stereocenters. The molecular formula is C10H15Cl2NO2S. The third kappa shape index (κ3) is 2.17. The first-order chi connectivity index (χ1) is 7.29. The van der Waals surface area contributed by atoms with E-state index >= 15 is 0 Å². The Morgan fingerprint density at radius 1 is 1.56 bits per heavy atom. The molecule has 0 aromatic heterocycles. The van der Waals surface area contributed by atoms with E-state index in [2.05, 4.69) is 5.32 Å². The monoisotopic (exact) mass is 283 g/mol. The van der Waals surface area contributed by atoms with Gasteiger partial charge in [-0.25, -0.2) is 0 Å². The lowest BCUT2D eigenvalue weighted by molar-refractivity contribution is -0.126. The van der Waals surface area contributed by atoms with Crippen LogP contribution in [0.4, 0.5) is 0 Å². The number of thioether (sulfide) groups is 1. The highest BCUT2D eigenvalue weighted by Crippen LogP contribution is 2.63. The molecule has 0 aromatic rings. The maximum absolute atomic E-state index is 11.8. The second-order valence-electron chi connectivity index (χ2n) is 4.92. The van der Waals surface area contributed by atoms with Crippen molar-refractivity contribution in [2.75, 3.05) is 18.1 Å². The fourth-order valence-electron chi connectivity index (χ4n) is 1.82. The average molecular weight is 284 g/mol. The lowest BCUT2D eigenvalue weighted by Gasteiger charge is -2.23. The van der Waals surface area contributed by atoms with Gasteiger partial charge in [0.2, 0.25) is 5.91 Å². The topological polar surface area (TPSA) is 49.3 Å². The minimum Gasteiger partial charge on any atom is -0.387 e. The van der Waals surface area contributed by atoms with Gasteiger partial charge in [-0.05, 0) is 25.5 Å². The van der Waals surface area contributed by atoms with E-state index in [0.29, 0.717) is 12.2 Å². The summed E-state index contributed by atoms with van der Waals surface area (Å²) >= 11 is 13.5. The number of nitrogens with one attached hydrogen (secondary N) is 1. The van der Waals surface area contributed by atoms with E-state index in [4.69, 9.17) is 23.2 Å². The minimum atomic E-state index is -0.940. The Hall–Kier alpha value is 0.360. The molecule has 0 spiro atoms. The van der Waals surface area contributed by atoms with Crippen molar-refractivity contribution in [2.24, 2.45) is 5.41 Å². The Balaban J connectivity index is 1.85. The van der Waals surface area contributed by atoms with E-state index in [-0.39, 0.29) is 12.5 Å². The fourth-order valence-corrected chi connectivity index (χ4v) is 3.82. The number of carbonyl (C=O) groups excluding carboxylic acids is 1. The Labute approximate surface area is 109 Å². The number of rotatable bonds is 3. The first-order valence-electron chi connectivity index (χ1n) is 5.25. The Morgan fingerprint density at radius 3 is 2.62 bits per heavy atom. The summed E-state index contributed by atoms with van der Waals surface area (Å²) in [5.74, 6) is 1.46. The van der Waals surface area contributed by atoms with Crippen molar-refractivity contribution in [3.05, 3.63) is 0 Å². The summed E-state index contributed by atoms with van der Waals surface area (Å²) in [6, 6.07) is 0. The molecule has 0 aromatic carbocycles. The van der Waals surface area contributed by atoms with Gasteiger partial charge in [-0.1, -0.05) is 0 Å². The summed E-state index contributed by atoms with van der Waals surface area (Å²) in [7, 11) is 0. The largest absolute Gasteiger partial charge is 0.387 e. The van der Waals surface area contributed by atoms with E-state index < -0.39 is 15.3 Å². The highest BCUT2D eigenvalue weighted by Gasteiger charge is 2.67. The van der Waals surface area contributed by atoms with Gasteiger partial charge >= 0.3 is 0 Å². The molecule has 2 N–H and O–H groups in total. The molecule has 2 atom stereocenters. The molecule has 2 rings (SSSR count). The summed E-state index contributed by atoms with van der Waals surface area (Å²) in [4.78, 5) is 11.8. The smallest absolute Gasteiger partial charge is 0.229 e. The number of amides is 1. The Kier molecular flexibility index (Phi) is 3.15. The van der Waals surface area contributed by atoms with Crippen LogP contribution in [-0.2, 0) is 4.79 Å². The quantitative estimate of drug-likeness (QED) is 0.773. The predicted octanol–water partition coefficient (Wildman–Crippen LogP) is 1.55. The van der Waals surface area contributed by atoms with Crippen molar-refractivity contribution in [3.8, 4) is 0 Å². The van der Waals surface area contributed by atoms with E-state index in [1.807, 2.05) is 0 Å². The van der Waals surface area contributed by atoms with Crippen LogP contribution < -0.4 is 5.32 Å². The van der Waals surface area contributed by atoms with Gasteiger partial charge in [0.05, 0.1) is 11.0 Å². The van der Waals surface area contributed by atoms with Crippen molar-refractivity contribution in [1.82, 2.24) is 5.32 Å². The van der Waals surface area contributed by atoms with Crippen molar-refractivity contribution in [3.63, 3.8) is 0 Å². The molecule has 1 heterocycles. The summed E-state index contributed by atoms with van der Waals surface area (Å²) in [5.41, 5.74) is -1.45. The maximum Gasteiger partial charge on any atom is 0.229 e. The fraction of sp³-hybridized carbons (Fsp3) is 0.900. The molecule has 1 aliphatic carbocycles. The van der Waals surface area contributed by atoms with Gasteiger partial charge in [0.15, 0.2) is 0 Å². The standard InChI is InChI=1S/C10H15Cl2NO2S/c1-8(4-10(8,11)12)7(14)13-5-9(15)2-3-16-6-9/h15H,2-6H2,1H3,(H,13,14). The van der Waals surface area contributed by atoms with Crippen LogP contribution in [0.5, 0.6) is 0 Å². The van der Waals surface area contributed by atoms with Gasteiger partial charge < -0.3 is 10.4 Å². The normalized spacial score (nSPS) is 40.8. The average Bonchev–Trinajstić information content (AvgIpc) is 2.59. The second-order valence-corrected chi connectivity index (χ2v) is 7.51. The van der Waals surface area contributed by atoms with Crippen LogP contribution in [0.15, 0.2) is 0 Å². The summed E-state index contributed by atoms with van der Waals surface area (Å²) in [6.07, 6.45) is 1.20. The van der Waals surface area contributed by atoms with Gasteiger partial charge in [0.1, 0.15) is 4.33 Å². The molecule has 1 saturated heterocycles. The van der Waals surface area contributed by atoms with Gasteiger partial charge in [0, 0.05) is 12.3 Å². The van der Waals surface area contributed by atoms with Crippen molar-refractivity contribution >= 4 is 40.9 Å². The number of hydrogen-bond donors (Lipinski definition) is 2. The molecule has 2 aliphatic rings.